The molecule has 0 amide bonds. The van der Waals surface area contributed by atoms with E-state index < -0.39 is 10.0 Å². The molecule has 0 bridgehead atoms. The maximum atomic E-state index is 12.5. The summed E-state index contributed by atoms with van der Waals surface area (Å²) in [6.07, 6.45) is 1.36. The summed E-state index contributed by atoms with van der Waals surface area (Å²) >= 11 is 6.19. The van der Waals surface area contributed by atoms with E-state index in [4.69, 9.17) is 11.6 Å². The molecule has 5 nitrogen and oxygen atoms in total. The number of sulfonamides is 1. The van der Waals surface area contributed by atoms with Crippen molar-refractivity contribution in [1.82, 2.24) is 9.82 Å². The zero-order valence-corrected chi connectivity index (χ0v) is 16.2. The number of aromatic nitrogens is 1. The summed E-state index contributed by atoms with van der Waals surface area (Å²) < 4.78 is 24.9. The summed E-state index contributed by atoms with van der Waals surface area (Å²) in [5.74, 6) is 0. The fraction of sp³-hybridized carbons (Fsp3) is 0.158. The number of nitrogens with zero attached hydrogens (tertiary/aromatic N) is 2. The maximum Gasteiger partial charge on any atom is 0.276 e. The van der Waals surface area contributed by atoms with Gasteiger partial charge in [0.15, 0.2) is 0 Å². The number of benzene rings is 2. The molecule has 0 saturated carbocycles. The number of fused-ring (bicyclic) bond motifs is 1. The van der Waals surface area contributed by atoms with Gasteiger partial charge in [-0.05, 0) is 55.7 Å². The highest BCUT2D eigenvalue weighted by Crippen LogP contribution is 2.21. The van der Waals surface area contributed by atoms with Gasteiger partial charge in [-0.3, -0.25) is 0 Å². The van der Waals surface area contributed by atoms with E-state index in [9.17, 15) is 8.42 Å². The molecule has 2 aromatic carbocycles. The standard InChI is InChI=1S/C19H18ClN3O2S/c1-12-5-7-15-10-16(19(20)22-17(15)8-12)11-21-23-26(24,25)18-9-13(2)4-6-14(18)3/h4-11,23H,1-3H3/b21-11-. The molecule has 0 aliphatic rings. The van der Waals surface area contributed by atoms with Gasteiger partial charge >= 0.3 is 0 Å². The number of pyridine rings is 1. The number of hydrogen-bond donors (Lipinski definition) is 1. The Labute approximate surface area is 157 Å². The van der Waals surface area contributed by atoms with Gasteiger partial charge in [-0.25, -0.2) is 9.82 Å². The third kappa shape index (κ3) is 3.86. The zero-order valence-electron chi connectivity index (χ0n) is 14.6. The summed E-state index contributed by atoms with van der Waals surface area (Å²) in [5, 5.41) is 5.02. The van der Waals surface area contributed by atoms with Gasteiger partial charge in [0.2, 0.25) is 0 Å². The molecule has 3 rings (SSSR count). The number of hydrogen-bond acceptors (Lipinski definition) is 4. The van der Waals surface area contributed by atoms with Crippen molar-refractivity contribution in [3.63, 3.8) is 0 Å². The van der Waals surface area contributed by atoms with Gasteiger partial charge in [-0.15, -0.1) is 0 Å². The first kappa shape index (κ1) is 18.4. The monoisotopic (exact) mass is 387 g/mol. The van der Waals surface area contributed by atoms with Gasteiger partial charge in [0.25, 0.3) is 10.0 Å². The minimum atomic E-state index is -3.76. The van der Waals surface area contributed by atoms with Crippen LogP contribution < -0.4 is 4.83 Å². The van der Waals surface area contributed by atoms with E-state index >= 15 is 0 Å². The van der Waals surface area contributed by atoms with Crippen molar-refractivity contribution in [2.24, 2.45) is 5.10 Å². The van der Waals surface area contributed by atoms with Gasteiger partial charge in [0, 0.05) is 10.9 Å². The summed E-state index contributed by atoms with van der Waals surface area (Å²) in [5.41, 5.74) is 3.91. The first-order valence-corrected chi connectivity index (χ1v) is 9.81. The second kappa shape index (κ2) is 7.05. The van der Waals surface area contributed by atoms with Crippen LogP contribution in [-0.2, 0) is 10.0 Å². The third-order valence-corrected chi connectivity index (χ3v) is 5.63. The molecule has 7 heteroatoms. The van der Waals surface area contributed by atoms with E-state index in [0.29, 0.717) is 11.1 Å². The topological polar surface area (TPSA) is 71.4 Å². The van der Waals surface area contributed by atoms with Gasteiger partial charge in [0.05, 0.1) is 16.6 Å². The number of rotatable bonds is 4. The van der Waals surface area contributed by atoms with E-state index in [1.165, 1.54) is 6.21 Å². The summed E-state index contributed by atoms with van der Waals surface area (Å²) in [4.78, 5) is 6.77. The third-order valence-electron chi connectivity index (χ3n) is 3.96. The summed E-state index contributed by atoms with van der Waals surface area (Å²) in [6.45, 7) is 5.56. The second-order valence-electron chi connectivity index (χ2n) is 6.19. The Bertz CT molecular complexity index is 1130. The number of aryl methyl sites for hydroxylation is 3. The molecule has 0 aliphatic carbocycles. The van der Waals surface area contributed by atoms with Crippen LogP contribution in [0.5, 0.6) is 0 Å². The van der Waals surface area contributed by atoms with Crippen molar-refractivity contribution in [3.05, 3.63) is 69.9 Å². The lowest BCUT2D eigenvalue weighted by molar-refractivity contribution is 0.584. The number of hydrazone groups is 1. The van der Waals surface area contributed by atoms with Crippen molar-refractivity contribution >= 4 is 38.7 Å². The van der Waals surface area contributed by atoms with E-state index in [1.54, 1.807) is 19.1 Å². The highest BCUT2D eigenvalue weighted by atomic mass is 35.5. The fourth-order valence-electron chi connectivity index (χ4n) is 2.57. The largest absolute Gasteiger partial charge is 0.276 e. The Morgan fingerprint density at radius 3 is 2.50 bits per heavy atom. The van der Waals surface area contributed by atoms with Crippen molar-refractivity contribution in [3.8, 4) is 0 Å². The van der Waals surface area contributed by atoms with Crippen LogP contribution in [0.3, 0.4) is 0 Å². The lowest BCUT2D eigenvalue weighted by Gasteiger charge is -2.08. The first-order valence-electron chi connectivity index (χ1n) is 7.95. The van der Waals surface area contributed by atoms with Crippen LogP contribution >= 0.6 is 11.6 Å². The maximum absolute atomic E-state index is 12.5. The van der Waals surface area contributed by atoms with Crippen LogP contribution in [0.4, 0.5) is 0 Å². The molecule has 1 heterocycles. The molecule has 0 unspecified atom stereocenters. The van der Waals surface area contributed by atoms with Crippen LogP contribution in [0.1, 0.15) is 22.3 Å². The van der Waals surface area contributed by atoms with Crippen molar-refractivity contribution in [2.45, 2.75) is 25.7 Å². The van der Waals surface area contributed by atoms with E-state index in [0.717, 1.165) is 22.0 Å². The Hall–Kier alpha value is -2.44. The van der Waals surface area contributed by atoms with Crippen LogP contribution in [0.25, 0.3) is 10.9 Å². The fourth-order valence-corrected chi connectivity index (χ4v) is 3.89. The molecule has 134 valence electrons. The van der Waals surface area contributed by atoms with Crippen molar-refractivity contribution in [2.75, 3.05) is 0 Å². The average molecular weight is 388 g/mol. The molecule has 1 N–H and O–H groups in total. The molecule has 1 aromatic heterocycles. The molecule has 26 heavy (non-hydrogen) atoms. The molecule has 0 saturated heterocycles. The van der Waals surface area contributed by atoms with E-state index in [2.05, 4.69) is 14.9 Å². The highest BCUT2D eigenvalue weighted by Gasteiger charge is 2.16. The molecular weight excluding hydrogens is 370 g/mol. The molecule has 0 spiro atoms. The van der Waals surface area contributed by atoms with Gasteiger partial charge < -0.3 is 0 Å². The Balaban J connectivity index is 1.88. The van der Waals surface area contributed by atoms with Crippen LogP contribution in [0.2, 0.25) is 5.15 Å². The Kier molecular flexibility index (Phi) is 4.98. The lowest BCUT2D eigenvalue weighted by atomic mass is 10.1. The van der Waals surface area contributed by atoms with Gasteiger partial charge in [0.1, 0.15) is 5.15 Å². The molecule has 0 fully saturated rings. The lowest BCUT2D eigenvalue weighted by Crippen LogP contribution is -2.19. The predicted octanol–water partition coefficient (Wildman–Crippen LogP) is 4.13. The minimum absolute atomic E-state index is 0.202. The molecule has 0 aliphatic heterocycles. The SMILES string of the molecule is Cc1ccc(C)c(S(=O)(=O)N/N=C\c2cc3ccc(C)cc3nc2Cl)c1. The molecule has 0 atom stereocenters. The predicted molar refractivity (Wildman–Crippen MR) is 105 cm³/mol. The summed E-state index contributed by atoms with van der Waals surface area (Å²) in [6, 6.07) is 12.9. The molecule has 3 aromatic rings. The normalized spacial score (nSPS) is 12.0. The van der Waals surface area contributed by atoms with Crippen molar-refractivity contribution < 1.29 is 8.42 Å². The van der Waals surface area contributed by atoms with E-state index in [1.807, 2.05) is 44.2 Å². The first-order chi connectivity index (χ1) is 12.3. The summed E-state index contributed by atoms with van der Waals surface area (Å²) in [7, 11) is -3.76. The van der Waals surface area contributed by atoms with Crippen molar-refractivity contribution in [1.29, 1.82) is 0 Å². The Morgan fingerprint density at radius 2 is 1.73 bits per heavy atom. The quantitative estimate of drug-likeness (QED) is 0.415. The number of halogens is 1. The van der Waals surface area contributed by atoms with Gasteiger partial charge in [-0.1, -0.05) is 35.9 Å². The Morgan fingerprint density at radius 1 is 1.04 bits per heavy atom. The van der Waals surface area contributed by atoms with Gasteiger partial charge in [-0.2, -0.15) is 13.5 Å². The molecule has 0 radical (unpaired) electrons. The van der Waals surface area contributed by atoms with E-state index in [-0.39, 0.29) is 10.0 Å². The smallest absolute Gasteiger partial charge is 0.235 e. The van der Waals surface area contributed by atoms with Crippen LogP contribution in [0.15, 0.2) is 52.5 Å². The number of nitrogens with one attached hydrogen (secondary N) is 1. The average Bonchev–Trinajstić information content (AvgIpc) is 2.57. The zero-order chi connectivity index (χ0) is 18.9. The second-order valence-corrected chi connectivity index (χ2v) is 8.17. The highest BCUT2D eigenvalue weighted by molar-refractivity contribution is 7.89. The van der Waals surface area contributed by atoms with Crippen LogP contribution in [0, 0.1) is 20.8 Å². The van der Waals surface area contributed by atoms with Crippen LogP contribution in [-0.4, -0.2) is 19.6 Å². The minimum Gasteiger partial charge on any atom is -0.235 e. The molecular formula is C19H18ClN3O2S.